The zero-order chi connectivity index (χ0) is 6.97. The predicted molar refractivity (Wildman–Crippen MR) is 43.2 cm³/mol. The molecule has 0 aliphatic carbocycles. The monoisotopic (exact) mass is 148 g/mol. The van der Waals surface area contributed by atoms with E-state index in [1.165, 1.54) is 10.1 Å². The van der Waals surface area contributed by atoms with Gasteiger partial charge < -0.3 is 0 Å². The summed E-state index contributed by atoms with van der Waals surface area (Å²) in [5.74, 6) is 0. The molecule has 2 aromatic heterocycles. The molecule has 0 aliphatic rings. The first-order valence-corrected chi connectivity index (χ1v) is 3.91. The summed E-state index contributed by atoms with van der Waals surface area (Å²) in [6.07, 6.45) is 1.84. The minimum atomic E-state index is 1.09. The first-order chi connectivity index (χ1) is 4.88. The smallest absolute Gasteiger partial charge is 0.0459 e. The lowest BCUT2D eigenvalue weighted by Gasteiger charge is -1.90. The molecule has 2 heterocycles. The fourth-order valence-corrected chi connectivity index (χ4v) is 1.72. The molecule has 0 amide bonds. The van der Waals surface area contributed by atoms with Crippen LogP contribution in [0.2, 0.25) is 0 Å². The van der Waals surface area contributed by atoms with Crippen molar-refractivity contribution in [2.75, 3.05) is 0 Å². The largest absolute Gasteiger partial charge is 0.261 e. The third kappa shape index (κ3) is 0.727. The van der Waals surface area contributed by atoms with Crippen LogP contribution in [0.15, 0.2) is 18.3 Å². The van der Waals surface area contributed by atoms with E-state index in [-0.39, 0.29) is 0 Å². The molecule has 0 atom stereocenters. The van der Waals surface area contributed by atoms with Gasteiger partial charge in [0, 0.05) is 27.4 Å². The van der Waals surface area contributed by atoms with Crippen LogP contribution in [-0.4, -0.2) is 4.98 Å². The maximum absolute atomic E-state index is 4.17. The second-order valence-electron chi connectivity index (χ2n) is 2.17. The quantitative estimate of drug-likeness (QED) is 0.559. The van der Waals surface area contributed by atoms with E-state index in [1.54, 1.807) is 11.3 Å². The van der Waals surface area contributed by atoms with Crippen LogP contribution in [0.25, 0.3) is 10.1 Å². The van der Waals surface area contributed by atoms with E-state index in [0.717, 1.165) is 5.69 Å². The average molecular weight is 148 g/mol. The molecule has 2 aromatic rings. The van der Waals surface area contributed by atoms with Crippen LogP contribution < -0.4 is 0 Å². The Bertz CT molecular complexity index is 351. The highest BCUT2D eigenvalue weighted by molar-refractivity contribution is 7.16. The number of aromatic nitrogens is 1. The van der Waals surface area contributed by atoms with Crippen LogP contribution in [0.1, 0.15) is 5.69 Å². The van der Waals surface area contributed by atoms with E-state index < -0.39 is 0 Å². The summed E-state index contributed by atoms with van der Waals surface area (Å²) in [6.45, 7) is 2.02. The molecule has 2 rings (SSSR count). The Kier molecular flexibility index (Phi) is 1.21. The summed E-state index contributed by atoms with van der Waals surface area (Å²) >= 11 is 1.64. The van der Waals surface area contributed by atoms with Gasteiger partial charge in [-0.3, -0.25) is 4.98 Å². The van der Waals surface area contributed by atoms with E-state index in [2.05, 4.69) is 10.4 Å². The van der Waals surface area contributed by atoms with E-state index in [0.29, 0.717) is 0 Å². The van der Waals surface area contributed by atoms with E-state index in [4.69, 9.17) is 0 Å². The van der Waals surface area contributed by atoms with Crippen molar-refractivity contribution in [1.82, 2.24) is 4.98 Å². The topological polar surface area (TPSA) is 12.9 Å². The van der Waals surface area contributed by atoms with E-state index in [1.807, 2.05) is 25.3 Å². The third-order valence-corrected chi connectivity index (χ3v) is 2.33. The fourth-order valence-electron chi connectivity index (χ4n) is 0.971. The third-order valence-electron chi connectivity index (χ3n) is 1.52. The minimum absolute atomic E-state index is 1.09. The maximum atomic E-state index is 4.17. The highest BCUT2D eigenvalue weighted by Crippen LogP contribution is 2.20. The van der Waals surface area contributed by atoms with Crippen molar-refractivity contribution in [3.05, 3.63) is 29.4 Å². The Hall–Kier alpha value is -0.890. The van der Waals surface area contributed by atoms with Crippen LogP contribution in [0, 0.1) is 12.3 Å². The van der Waals surface area contributed by atoms with Gasteiger partial charge in [0.25, 0.3) is 0 Å². The lowest BCUT2D eigenvalue weighted by Crippen LogP contribution is -1.76. The summed E-state index contributed by atoms with van der Waals surface area (Å²) < 4.78 is 1.27. The zero-order valence-corrected chi connectivity index (χ0v) is 6.40. The van der Waals surface area contributed by atoms with Crippen molar-refractivity contribution < 1.29 is 0 Å². The molecule has 49 valence electrons. The fraction of sp³-hybridized carbons (Fsp3) is 0.125. The van der Waals surface area contributed by atoms with Gasteiger partial charge in [-0.1, -0.05) is 0 Å². The van der Waals surface area contributed by atoms with Gasteiger partial charge in [0.1, 0.15) is 0 Å². The van der Waals surface area contributed by atoms with Gasteiger partial charge in [-0.15, -0.1) is 11.3 Å². The molecule has 0 unspecified atom stereocenters. The number of pyridine rings is 1. The molecule has 0 aliphatic heterocycles. The molecule has 10 heavy (non-hydrogen) atoms. The van der Waals surface area contributed by atoms with Crippen molar-refractivity contribution in [2.24, 2.45) is 0 Å². The molecule has 2 heteroatoms. The van der Waals surface area contributed by atoms with Crippen molar-refractivity contribution in [3.8, 4) is 0 Å². The van der Waals surface area contributed by atoms with Crippen LogP contribution in [0.4, 0.5) is 0 Å². The summed E-state index contributed by atoms with van der Waals surface area (Å²) in [5, 5.41) is 4.31. The van der Waals surface area contributed by atoms with E-state index >= 15 is 0 Å². The van der Waals surface area contributed by atoms with Crippen molar-refractivity contribution in [2.45, 2.75) is 6.92 Å². The number of thiophene rings is 1. The standard InChI is InChI=1S/C8H6NS/c1-6-7-3-5-10-8(7)2-4-9-6/h2-4H,1H3. The minimum Gasteiger partial charge on any atom is -0.261 e. The molecule has 1 radical (unpaired) electrons. The van der Waals surface area contributed by atoms with Crippen LogP contribution in [0.3, 0.4) is 0 Å². The van der Waals surface area contributed by atoms with Crippen LogP contribution in [0.5, 0.6) is 0 Å². The molecular weight excluding hydrogens is 142 g/mol. The van der Waals surface area contributed by atoms with Gasteiger partial charge in [0.05, 0.1) is 0 Å². The Labute approximate surface area is 63.3 Å². The summed E-state index contributed by atoms with van der Waals surface area (Å²) in [6, 6.07) is 4.01. The number of aryl methyl sites for hydroxylation is 1. The molecule has 0 bridgehead atoms. The molecule has 0 saturated carbocycles. The van der Waals surface area contributed by atoms with Gasteiger partial charge in [-0.25, -0.2) is 0 Å². The number of rotatable bonds is 0. The lowest BCUT2D eigenvalue weighted by atomic mass is 10.3. The SMILES string of the molecule is Cc1nccc2s[c]cc12. The molecular formula is C8H6NS. The Balaban J connectivity index is 2.95. The highest BCUT2D eigenvalue weighted by Gasteiger charge is 1.96. The summed E-state index contributed by atoms with van der Waals surface area (Å²) in [5.41, 5.74) is 1.09. The first kappa shape index (κ1) is 5.86. The number of fused-ring (bicyclic) bond motifs is 1. The summed E-state index contributed by atoms with van der Waals surface area (Å²) in [7, 11) is 0. The van der Waals surface area contributed by atoms with Gasteiger partial charge >= 0.3 is 0 Å². The normalized spacial score (nSPS) is 10.5. The van der Waals surface area contributed by atoms with Crippen LogP contribution in [-0.2, 0) is 0 Å². The molecule has 0 saturated heterocycles. The van der Waals surface area contributed by atoms with Gasteiger partial charge in [-0.2, -0.15) is 0 Å². The second-order valence-corrected chi connectivity index (χ2v) is 3.05. The van der Waals surface area contributed by atoms with Gasteiger partial charge in [0.2, 0.25) is 0 Å². The molecule has 1 nitrogen and oxygen atoms in total. The van der Waals surface area contributed by atoms with Crippen molar-refractivity contribution in [3.63, 3.8) is 0 Å². The van der Waals surface area contributed by atoms with Crippen molar-refractivity contribution >= 4 is 21.4 Å². The molecule has 0 spiro atoms. The molecule has 0 aromatic carbocycles. The molecule has 0 N–H and O–H groups in total. The van der Waals surface area contributed by atoms with Crippen LogP contribution >= 0.6 is 11.3 Å². The van der Waals surface area contributed by atoms with E-state index in [9.17, 15) is 0 Å². The zero-order valence-electron chi connectivity index (χ0n) is 5.59. The Morgan fingerprint density at radius 2 is 2.50 bits per heavy atom. The second kappa shape index (κ2) is 2.06. The Morgan fingerprint density at radius 1 is 1.60 bits per heavy atom. The number of hydrogen-bond donors (Lipinski definition) is 0. The Morgan fingerprint density at radius 3 is 3.30 bits per heavy atom. The van der Waals surface area contributed by atoms with Crippen molar-refractivity contribution in [1.29, 1.82) is 0 Å². The average Bonchev–Trinajstić information content (AvgIpc) is 2.36. The number of hydrogen-bond acceptors (Lipinski definition) is 2. The predicted octanol–water partition coefficient (Wildman–Crippen LogP) is 2.40. The summed E-state index contributed by atoms with van der Waals surface area (Å²) in [4.78, 5) is 4.17. The maximum Gasteiger partial charge on any atom is 0.0459 e. The number of nitrogens with zero attached hydrogens (tertiary/aromatic N) is 1. The lowest BCUT2D eigenvalue weighted by molar-refractivity contribution is 1.24. The first-order valence-electron chi connectivity index (χ1n) is 3.09. The molecule has 0 fully saturated rings. The van der Waals surface area contributed by atoms with Gasteiger partial charge in [-0.05, 0) is 19.1 Å². The highest BCUT2D eigenvalue weighted by atomic mass is 32.1. The van der Waals surface area contributed by atoms with Gasteiger partial charge in [0.15, 0.2) is 0 Å².